The zero-order valence-electron chi connectivity index (χ0n) is 16.5. The Morgan fingerprint density at radius 2 is 1.76 bits per heavy atom. The van der Waals surface area contributed by atoms with Crippen molar-refractivity contribution in [3.05, 3.63) is 34.4 Å². The Balaban J connectivity index is 1.36. The van der Waals surface area contributed by atoms with E-state index in [4.69, 9.17) is 4.74 Å². The summed E-state index contributed by atoms with van der Waals surface area (Å²) in [5.74, 6) is 0.00478. The van der Waals surface area contributed by atoms with Crippen LogP contribution in [0.1, 0.15) is 44.9 Å². The van der Waals surface area contributed by atoms with E-state index in [2.05, 4.69) is 10.6 Å². The summed E-state index contributed by atoms with van der Waals surface area (Å²) in [7, 11) is 0. The van der Waals surface area contributed by atoms with E-state index in [1.807, 2.05) is 4.90 Å². The molecular formula is C20H28N4O5. The van der Waals surface area contributed by atoms with Gasteiger partial charge in [-0.25, -0.2) is 4.79 Å². The van der Waals surface area contributed by atoms with Gasteiger partial charge in [0.1, 0.15) is 5.75 Å². The van der Waals surface area contributed by atoms with Crippen molar-refractivity contribution in [2.75, 3.05) is 19.7 Å². The van der Waals surface area contributed by atoms with Crippen LogP contribution >= 0.6 is 0 Å². The number of nitro groups is 1. The normalized spacial score (nSPS) is 18.1. The minimum Gasteiger partial charge on any atom is -0.484 e. The Labute approximate surface area is 169 Å². The first-order valence-corrected chi connectivity index (χ1v) is 10.2. The van der Waals surface area contributed by atoms with Crippen molar-refractivity contribution >= 4 is 17.6 Å². The van der Waals surface area contributed by atoms with Gasteiger partial charge in [0.05, 0.1) is 11.0 Å². The van der Waals surface area contributed by atoms with Crippen LogP contribution in [0.5, 0.6) is 5.75 Å². The van der Waals surface area contributed by atoms with E-state index in [-0.39, 0.29) is 36.0 Å². The average molecular weight is 404 g/mol. The first-order chi connectivity index (χ1) is 14.0. The summed E-state index contributed by atoms with van der Waals surface area (Å²) < 4.78 is 5.35. The molecule has 1 aromatic carbocycles. The van der Waals surface area contributed by atoms with Gasteiger partial charge in [-0.05, 0) is 31.7 Å². The Kier molecular flexibility index (Phi) is 7.26. The van der Waals surface area contributed by atoms with E-state index in [1.165, 1.54) is 37.5 Å². The third-order valence-corrected chi connectivity index (χ3v) is 5.48. The fourth-order valence-corrected chi connectivity index (χ4v) is 3.84. The maximum absolute atomic E-state index is 12.4. The summed E-state index contributed by atoms with van der Waals surface area (Å²) >= 11 is 0. The highest BCUT2D eigenvalue weighted by Crippen LogP contribution is 2.20. The van der Waals surface area contributed by atoms with E-state index in [0.717, 1.165) is 12.8 Å². The van der Waals surface area contributed by atoms with Gasteiger partial charge in [0.15, 0.2) is 6.61 Å². The van der Waals surface area contributed by atoms with Crippen LogP contribution in [0.25, 0.3) is 0 Å². The van der Waals surface area contributed by atoms with Crippen LogP contribution < -0.4 is 15.4 Å². The number of hydrogen-bond acceptors (Lipinski definition) is 5. The zero-order chi connectivity index (χ0) is 20.6. The Bertz CT molecular complexity index is 727. The Hall–Kier alpha value is -2.84. The molecule has 2 N–H and O–H groups in total. The predicted molar refractivity (Wildman–Crippen MR) is 107 cm³/mol. The second-order valence-electron chi connectivity index (χ2n) is 7.66. The molecule has 0 aromatic heterocycles. The third-order valence-electron chi connectivity index (χ3n) is 5.48. The molecule has 0 radical (unpaired) electrons. The van der Waals surface area contributed by atoms with Crippen molar-refractivity contribution in [2.24, 2.45) is 0 Å². The monoisotopic (exact) mass is 404 g/mol. The van der Waals surface area contributed by atoms with Crippen molar-refractivity contribution in [2.45, 2.75) is 57.0 Å². The van der Waals surface area contributed by atoms with Gasteiger partial charge in [-0.1, -0.05) is 25.3 Å². The molecule has 1 aliphatic heterocycles. The van der Waals surface area contributed by atoms with Crippen LogP contribution in [-0.4, -0.2) is 53.5 Å². The van der Waals surface area contributed by atoms with Gasteiger partial charge in [0, 0.05) is 31.2 Å². The number of likely N-dealkylation sites (tertiary alicyclic amines) is 1. The number of carbonyl (C=O) groups is 2. The lowest BCUT2D eigenvalue weighted by Crippen LogP contribution is -2.51. The maximum atomic E-state index is 12.4. The number of ether oxygens (including phenoxy) is 1. The van der Waals surface area contributed by atoms with Crippen LogP contribution in [0.2, 0.25) is 0 Å². The summed E-state index contributed by atoms with van der Waals surface area (Å²) in [5.41, 5.74) is -0.0817. The fourth-order valence-electron chi connectivity index (χ4n) is 3.84. The number of urea groups is 1. The molecule has 0 spiro atoms. The molecule has 0 atom stereocenters. The molecule has 2 aliphatic rings. The van der Waals surface area contributed by atoms with Crippen LogP contribution in [0, 0.1) is 10.1 Å². The molecule has 1 aromatic rings. The van der Waals surface area contributed by atoms with Gasteiger partial charge in [-0.2, -0.15) is 0 Å². The molecule has 1 aliphatic carbocycles. The van der Waals surface area contributed by atoms with E-state index in [0.29, 0.717) is 32.0 Å². The summed E-state index contributed by atoms with van der Waals surface area (Å²) in [6.07, 6.45) is 7.12. The molecule has 2 fully saturated rings. The molecule has 9 nitrogen and oxygen atoms in total. The number of benzene rings is 1. The van der Waals surface area contributed by atoms with Crippen molar-refractivity contribution in [1.29, 1.82) is 0 Å². The molecule has 0 unspecified atom stereocenters. The lowest BCUT2D eigenvalue weighted by Gasteiger charge is -2.34. The molecular weight excluding hydrogens is 376 g/mol. The van der Waals surface area contributed by atoms with Gasteiger partial charge < -0.3 is 20.3 Å². The van der Waals surface area contributed by atoms with Crippen LogP contribution in [0.4, 0.5) is 10.5 Å². The minimum atomic E-state index is -0.509. The highest BCUT2D eigenvalue weighted by atomic mass is 16.6. The van der Waals surface area contributed by atoms with Crippen molar-refractivity contribution in [1.82, 2.24) is 15.5 Å². The lowest BCUT2D eigenvalue weighted by molar-refractivity contribution is -0.384. The fraction of sp³-hybridized carbons (Fsp3) is 0.600. The molecule has 9 heteroatoms. The average Bonchev–Trinajstić information content (AvgIpc) is 2.73. The van der Waals surface area contributed by atoms with Crippen molar-refractivity contribution in [3.8, 4) is 5.75 Å². The van der Waals surface area contributed by atoms with Crippen LogP contribution in [0.3, 0.4) is 0 Å². The smallest absolute Gasteiger partial charge is 0.317 e. The molecule has 3 rings (SSSR count). The van der Waals surface area contributed by atoms with Crippen molar-refractivity contribution in [3.63, 3.8) is 0 Å². The summed E-state index contributed by atoms with van der Waals surface area (Å²) in [5, 5.41) is 16.8. The number of nitrogens with zero attached hydrogens (tertiary/aromatic N) is 2. The number of non-ortho nitro benzene ring substituents is 1. The summed E-state index contributed by atoms with van der Waals surface area (Å²) in [6.45, 7) is 1.01. The largest absolute Gasteiger partial charge is 0.484 e. The van der Waals surface area contributed by atoms with Gasteiger partial charge in [0.25, 0.3) is 11.6 Å². The third kappa shape index (κ3) is 6.33. The molecule has 1 heterocycles. The highest BCUT2D eigenvalue weighted by Gasteiger charge is 2.25. The van der Waals surface area contributed by atoms with E-state index >= 15 is 0 Å². The lowest BCUT2D eigenvalue weighted by atomic mass is 9.95. The topological polar surface area (TPSA) is 114 Å². The van der Waals surface area contributed by atoms with Gasteiger partial charge in [-0.15, -0.1) is 0 Å². The molecule has 0 bridgehead atoms. The van der Waals surface area contributed by atoms with E-state index in [9.17, 15) is 19.7 Å². The quantitative estimate of drug-likeness (QED) is 0.559. The first-order valence-electron chi connectivity index (χ1n) is 10.2. The minimum absolute atomic E-state index is 0.00400. The standard InChI is InChI=1S/C20H28N4O5/c25-19(14-29-18-8-4-7-17(13-18)24(27)28)21-16-9-11-23(12-10-16)20(26)22-15-5-2-1-3-6-15/h4,7-8,13,15-16H,1-3,5-6,9-12,14H2,(H,21,25)(H,22,26). The Morgan fingerprint density at radius 1 is 1.07 bits per heavy atom. The Morgan fingerprint density at radius 3 is 2.45 bits per heavy atom. The van der Waals surface area contributed by atoms with Gasteiger partial charge >= 0.3 is 6.03 Å². The molecule has 3 amide bonds. The number of hydrogen-bond donors (Lipinski definition) is 2. The van der Waals surface area contributed by atoms with Crippen molar-refractivity contribution < 1.29 is 19.2 Å². The van der Waals surface area contributed by atoms with Gasteiger partial charge in [0.2, 0.25) is 0 Å². The number of nitro benzene ring substituents is 1. The van der Waals surface area contributed by atoms with Gasteiger partial charge in [-0.3, -0.25) is 14.9 Å². The number of amides is 3. The van der Waals surface area contributed by atoms with E-state index < -0.39 is 4.92 Å². The number of rotatable bonds is 6. The second kappa shape index (κ2) is 10.1. The number of carbonyl (C=O) groups excluding carboxylic acids is 2. The predicted octanol–water partition coefficient (Wildman–Crippen LogP) is 2.60. The highest BCUT2D eigenvalue weighted by molar-refractivity contribution is 5.78. The SMILES string of the molecule is O=C(COc1cccc([N+](=O)[O-])c1)NC1CCN(C(=O)NC2CCCCC2)CC1. The second-order valence-corrected chi connectivity index (χ2v) is 7.66. The number of piperidine rings is 1. The molecule has 1 saturated heterocycles. The molecule has 158 valence electrons. The molecule has 1 saturated carbocycles. The van der Waals surface area contributed by atoms with Crippen LogP contribution in [0.15, 0.2) is 24.3 Å². The first kappa shape index (κ1) is 20.9. The summed E-state index contributed by atoms with van der Waals surface area (Å²) in [4.78, 5) is 36.6. The zero-order valence-corrected chi connectivity index (χ0v) is 16.5. The summed E-state index contributed by atoms with van der Waals surface area (Å²) in [6, 6.07) is 6.02. The maximum Gasteiger partial charge on any atom is 0.317 e. The van der Waals surface area contributed by atoms with E-state index in [1.54, 1.807) is 6.07 Å². The molecule has 29 heavy (non-hydrogen) atoms. The van der Waals surface area contributed by atoms with Crippen LogP contribution in [-0.2, 0) is 4.79 Å². The number of nitrogens with one attached hydrogen (secondary N) is 2.